The Morgan fingerprint density at radius 1 is 1.27 bits per heavy atom. The fourth-order valence-electron chi connectivity index (χ4n) is 5.44. The Balaban J connectivity index is 1.37. The number of nitrogens with zero attached hydrogens (tertiary/aromatic N) is 2. The molecule has 4 aliphatic carbocycles. The normalized spacial score (nSPS) is 35.6. The first-order valence-corrected chi connectivity index (χ1v) is 8.56. The molecular formula is C17H26N4O. The van der Waals surface area contributed by atoms with E-state index < -0.39 is 0 Å². The number of rotatable bonds is 3. The average molecular weight is 302 g/mol. The van der Waals surface area contributed by atoms with Crippen LogP contribution in [0.25, 0.3) is 0 Å². The van der Waals surface area contributed by atoms with Gasteiger partial charge in [0.05, 0.1) is 6.20 Å². The van der Waals surface area contributed by atoms with E-state index in [1.54, 1.807) is 0 Å². The minimum absolute atomic E-state index is 0.00907. The first kappa shape index (κ1) is 14.1. The number of hydrogen-bond acceptors (Lipinski definition) is 2. The van der Waals surface area contributed by atoms with Crippen molar-refractivity contribution in [3.05, 3.63) is 17.5 Å². The Morgan fingerprint density at radius 3 is 2.36 bits per heavy atom. The highest BCUT2D eigenvalue weighted by atomic mass is 16.2. The minimum Gasteiger partial charge on any atom is -0.334 e. The number of nitrogens with one attached hydrogen (secondary N) is 2. The van der Waals surface area contributed by atoms with Gasteiger partial charge in [0.25, 0.3) is 0 Å². The predicted molar refractivity (Wildman–Crippen MR) is 84.2 cm³/mol. The molecule has 4 fully saturated rings. The molecule has 1 aromatic rings. The van der Waals surface area contributed by atoms with E-state index in [0.29, 0.717) is 6.54 Å². The topological polar surface area (TPSA) is 59.0 Å². The first-order chi connectivity index (χ1) is 10.5. The summed E-state index contributed by atoms with van der Waals surface area (Å²) < 4.78 is 1.84. The molecule has 1 aromatic heterocycles. The number of urea groups is 1. The van der Waals surface area contributed by atoms with Crippen LogP contribution in [0.3, 0.4) is 0 Å². The zero-order chi connectivity index (χ0) is 15.3. The van der Waals surface area contributed by atoms with Crippen molar-refractivity contribution in [1.82, 2.24) is 20.4 Å². The molecule has 0 spiro atoms. The highest BCUT2D eigenvalue weighted by Gasteiger charge is 2.51. The molecule has 120 valence electrons. The van der Waals surface area contributed by atoms with Crippen molar-refractivity contribution in [2.75, 3.05) is 0 Å². The molecule has 4 bridgehead atoms. The van der Waals surface area contributed by atoms with Gasteiger partial charge in [-0.05, 0) is 63.2 Å². The standard InChI is InChI=1S/C17H26N4O/c1-11-15(10-19-21(11)2)9-18-16(22)20-17-6-12-3-13(7-17)5-14(4-12)8-17/h10,12-14H,3-9H2,1-2H3,(H2,18,20,22). The minimum atomic E-state index is -0.00907. The second kappa shape index (κ2) is 5.00. The van der Waals surface area contributed by atoms with Gasteiger partial charge in [-0.3, -0.25) is 4.68 Å². The van der Waals surface area contributed by atoms with Crippen molar-refractivity contribution in [3.8, 4) is 0 Å². The van der Waals surface area contributed by atoms with Gasteiger partial charge in [-0.25, -0.2) is 4.79 Å². The monoisotopic (exact) mass is 302 g/mol. The second-order valence-electron chi connectivity index (χ2n) is 7.88. The molecule has 4 saturated carbocycles. The van der Waals surface area contributed by atoms with Crippen molar-refractivity contribution in [2.45, 2.75) is 57.5 Å². The van der Waals surface area contributed by atoms with Gasteiger partial charge in [-0.1, -0.05) is 0 Å². The molecule has 2 amide bonds. The lowest BCUT2D eigenvalue weighted by molar-refractivity contribution is -0.0135. The lowest BCUT2D eigenvalue weighted by Gasteiger charge is -2.56. The molecule has 0 unspecified atom stereocenters. The Bertz CT molecular complexity index is 556. The maximum atomic E-state index is 12.4. The lowest BCUT2D eigenvalue weighted by atomic mass is 9.53. The number of carbonyl (C=O) groups excluding carboxylic acids is 1. The van der Waals surface area contributed by atoms with Crippen LogP contribution in [-0.2, 0) is 13.6 Å². The van der Waals surface area contributed by atoms with E-state index in [1.165, 1.54) is 38.5 Å². The number of hydrogen-bond donors (Lipinski definition) is 2. The molecule has 5 nitrogen and oxygen atoms in total. The van der Waals surface area contributed by atoms with Crippen LogP contribution in [0.2, 0.25) is 0 Å². The van der Waals surface area contributed by atoms with Crippen molar-refractivity contribution in [3.63, 3.8) is 0 Å². The maximum absolute atomic E-state index is 12.4. The molecule has 2 N–H and O–H groups in total. The molecule has 5 heteroatoms. The van der Waals surface area contributed by atoms with Gasteiger partial charge in [0.15, 0.2) is 0 Å². The molecule has 5 rings (SSSR count). The third-order valence-corrected chi connectivity index (χ3v) is 6.19. The van der Waals surface area contributed by atoms with Gasteiger partial charge in [-0.2, -0.15) is 5.10 Å². The summed E-state index contributed by atoms with van der Waals surface area (Å²) in [6.45, 7) is 2.58. The van der Waals surface area contributed by atoms with Gasteiger partial charge in [-0.15, -0.1) is 0 Å². The summed E-state index contributed by atoms with van der Waals surface area (Å²) >= 11 is 0. The summed E-state index contributed by atoms with van der Waals surface area (Å²) in [7, 11) is 1.92. The van der Waals surface area contributed by atoms with Crippen LogP contribution in [0.5, 0.6) is 0 Å². The summed E-state index contributed by atoms with van der Waals surface area (Å²) in [6, 6.07) is -0.00907. The van der Waals surface area contributed by atoms with Crippen molar-refractivity contribution in [2.24, 2.45) is 24.8 Å². The lowest BCUT2D eigenvalue weighted by Crippen LogP contribution is -2.61. The van der Waals surface area contributed by atoms with Crippen LogP contribution < -0.4 is 10.6 Å². The van der Waals surface area contributed by atoms with Gasteiger partial charge < -0.3 is 10.6 Å². The first-order valence-electron chi connectivity index (χ1n) is 8.56. The van der Waals surface area contributed by atoms with E-state index in [0.717, 1.165) is 29.0 Å². The van der Waals surface area contributed by atoms with Crippen LogP contribution in [-0.4, -0.2) is 21.4 Å². The molecular weight excluding hydrogens is 276 g/mol. The highest BCUT2D eigenvalue weighted by Crippen LogP contribution is 2.55. The van der Waals surface area contributed by atoms with E-state index in [9.17, 15) is 4.79 Å². The molecule has 4 aliphatic rings. The zero-order valence-corrected chi connectivity index (χ0v) is 13.6. The van der Waals surface area contributed by atoms with E-state index in [2.05, 4.69) is 15.7 Å². The molecule has 22 heavy (non-hydrogen) atoms. The molecule has 0 aromatic carbocycles. The van der Waals surface area contributed by atoms with Crippen LogP contribution in [0.1, 0.15) is 49.8 Å². The SMILES string of the molecule is Cc1c(CNC(=O)NC23CC4CC(CC(C4)C2)C3)cnn1C. The van der Waals surface area contributed by atoms with Crippen molar-refractivity contribution < 1.29 is 4.79 Å². The molecule has 0 aliphatic heterocycles. The Labute approximate surface area is 131 Å². The fraction of sp³-hybridized carbons (Fsp3) is 0.765. The van der Waals surface area contributed by atoms with Gasteiger partial charge in [0.1, 0.15) is 0 Å². The van der Waals surface area contributed by atoms with E-state index in [1.807, 2.05) is 24.9 Å². The molecule has 0 atom stereocenters. The molecule has 1 heterocycles. The van der Waals surface area contributed by atoms with Gasteiger partial charge in [0.2, 0.25) is 0 Å². The van der Waals surface area contributed by atoms with Crippen LogP contribution in [0.4, 0.5) is 4.79 Å². The Hall–Kier alpha value is -1.52. The third-order valence-electron chi connectivity index (χ3n) is 6.19. The van der Waals surface area contributed by atoms with Crippen molar-refractivity contribution >= 4 is 6.03 Å². The molecule has 0 radical (unpaired) electrons. The third kappa shape index (κ3) is 2.40. The van der Waals surface area contributed by atoms with Crippen LogP contribution in [0, 0.1) is 24.7 Å². The Kier molecular flexibility index (Phi) is 3.20. The quantitative estimate of drug-likeness (QED) is 0.901. The maximum Gasteiger partial charge on any atom is 0.315 e. The van der Waals surface area contributed by atoms with Crippen molar-refractivity contribution in [1.29, 1.82) is 0 Å². The summed E-state index contributed by atoms with van der Waals surface area (Å²) in [5.41, 5.74) is 2.28. The van der Waals surface area contributed by atoms with Gasteiger partial charge >= 0.3 is 6.03 Å². The van der Waals surface area contributed by atoms with Crippen LogP contribution in [0.15, 0.2) is 6.20 Å². The largest absolute Gasteiger partial charge is 0.334 e. The summed E-state index contributed by atoms with van der Waals surface area (Å²) in [5, 5.41) is 10.6. The zero-order valence-electron chi connectivity index (χ0n) is 13.6. The second-order valence-corrected chi connectivity index (χ2v) is 7.88. The van der Waals surface area contributed by atoms with E-state index in [-0.39, 0.29) is 11.6 Å². The molecule has 0 saturated heterocycles. The number of aryl methyl sites for hydroxylation is 1. The average Bonchev–Trinajstić information content (AvgIpc) is 2.74. The fourth-order valence-corrected chi connectivity index (χ4v) is 5.44. The predicted octanol–water partition coefficient (Wildman–Crippen LogP) is 2.50. The van der Waals surface area contributed by atoms with Gasteiger partial charge in [0, 0.05) is 30.4 Å². The summed E-state index contributed by atoms with van der Waals surface area (Å²) in [4.78, 5) is 12.4. The Morgan fingerprint density at radius 2 is 1.86 bits per heavy atom. The smallest absolute Gasteiger partial charge is 0.315 e. The van der Waals surface area contributed by atoms with E-state index in [4.69, 9.17) is 0 Å². The van der Waals surface area contributed by atoms with Crippen LogP contribution >= 0.6 is 0 Å². The highest BCUT2D eigenvalue weighted by molar-refractivity contribution is 5.75. The summed E-state index contributed by atoms with van der Waals surface area (Å²) in [5.74, 6) is 2.56. The number of amides is 2. The summed E-state index contributed by atoms with van der Waals surface area (Å²) in [6.07, 6.45) is 9.61. The number of carbonyl (C=O) groups is 1. The van der Waals surface area contributed by atoms with E-state index >= 15 is 0 Å². The number of aromatic nitrogens is 2.